The van der Waals surface area contributed by atoms with Crippen LogP contribution in [0.3, 0.4) is 0 Å². The summed E-state index contributed by atoms with van der Waals surface area (Å²) >= 11 is 0. The molecule has 0 spiro atoms. The van der Waals surface area contributed by atoms with E-state index in [1.54, 1.807) is 36.4 Å². The SMILES string of the molecule is O=C(O)c1ccc(/C=C/Cc2ccc(O)cc2)cc1. The number of carboxylic acids is 1. The summed E-state index contributed by atoms with van der Waals surface area (Å²) in [6.45, 7) is 0. The van der Waals surface area contributed by atoms with Gasteiger partial charge in [0.15, 0.2) is 0 Å². The van der Waals surface area contributed by atoms with Gasteiger partial charge in [-0.3, -0.25) is 0 Å². The van der Waals surface area contributed by atoms with Crippen LogP contribution < -0.4 is 0 Å². The zero-order valence-corrected chi connectivity index (χ0v) is 10.3. The standard InChI is InChI=1S/C16H14O3/c17-15-10-6-13(7-11-15)3-1-2-12-4-8-14(9-5-12)16(18)19/h1-2,4-11,17H,3H2,(H,18,19)/b2-1+. The highest BCUT2D eigenvalue weighted by Crippen LogP contribution is 2.11. The number of phenols is 1. The summed E-state index contributed by atoms with van der Waals surface area (Å²) < 4.78 is 0. The van der Waals surface area contributed by atoms with E-state index in [1.807, 2.05) is 24.3 Å². The summed E-state index contributed by atoms with van der Waals surface area (Å²) in [6.07, 6.45) is 4.71. The molecule has 2 aromatic carbocycles. The Morgan fingerprint density at radius 3 is 2.21 bits per heavy atom. The van der Waals surface area contributed by atoms with Crippen molar-refractivity contribution in [3.05, 3.63) is 71.3 Å². The van der Waals surface area contributed by atoms with E-state index in [4.69, 9.17) is 10.2 Å². The molecule has 0 unspecified atom stereocenters. The quantitative estimate of drug-likeness (QED) is 0.879. The minimum atomic E-state index is -0.917. The van der Waals surface area contributed by atoms with Crippen LogP contribution in [-0.4, -0.2) is 16.2 Å². The first kappa shape index (κ1) is 12.9. The van der Waals surface area contributed by atoms with E-state index in [0.29, 0.717) is 0 Å². The monoisotopic (exact) mass is 254 g/mol. The second-order valence-corrected chi connectivity index (χ2v) is 4.20. The first-order chi connectivity index (χ1) is 9.15. The van der Waals surface area contributed by atoms with Crippen molar-refractivity contribution in [2.75, 3.05) is 0 Å². The molecular weight excluding hydrogens is 240 g/mol. The summed E-state index contributed by atoms with van der Waals surface area (Å²) in [5, 5.41) is 17.9. The largest absolute Gasteiger partial charge is 0.508 e. The van der Waals surface area contributed by atoms with E-state index in [-0.39, 0.29) is 11.3 Å². The lowest BCUT2D eigenvalue weighted by molar-refractivity contribution is 0.0697. The minimum Gasteiger partial charge on any atom is -0.508 e. The smallest absolute Gasteiger partial charge is 0.335 e. The zero-order chi connectivity index (χ0) is 13.7. The fourth-order valence-corrected chi connectivity index (χ4v) is 1.70. The van der Waals surface area contributed by atoms with Crippen LogP contribution in [0.4, 0.5) is 0 Å². The molecule has 3 heteroatoms. The molecule has 0 aromatic heterocycles. The van der Waals surface area contributed by atoms with Gasteiger partial charge in [-0.15, -0.1) is 0 Å². The fourth-order valence-electron chi connectivity index (χ4n) is 1.70. The molecule has 3 nitrogen and oxygen atoms in total. The second kappa shape index (κ2) is 5.87. The molecule has 0 bridgehead atoms. The molecular formula is C16H14O3. The summed E-state index contributed by atoms with van der Waals surface area (Å²) in [5.41, 5.74) is 2.36. The number of carboxylic acid groups (broad SMARTS) is 1. The Kier molecular flexibility index (Phi) is 3.98. The van der Waals surface area contributed by atoms with Crippen molar-refractivity contribution in [2.45, 2.75) is 6.42 Å². The van der Waals surface area contributed by atoms with Gasteiger partial charge in [-0.25, -0.2) is 4.79 Å². The maximum absolute atomic E-state index is 10.7. The van der Waals surface area contributed by atoms with Gasteiger partial charge in [0.1, 0.15) is 5.75 Å². The summed E-state index contributed by atoms with van der Waals surface area (Å²) in [4.78, 5) is 10.7. The lowest BCUT2D eigenvalue weighted by Crippen LogP contribution is -1.94. The average Bonchev–Trinajstić information content (AvgIpc) is 2.41. The predicted octanol–water partition coefficient (Wildman–Crippen LogP) is 3.35. The molecule has 0 heterocycles. The van der Waals surface area contributed by atoms with Gasteiger partial charge in [-0.2, -0.15) is 0 Å². The molecule has 2 aromatic rings. The molecule has 0 atom stereocenters. The third-order valence-corrected chi connectivity index (χ3v) is 2.76. The Morgan fingerprint density at radius 2 is 1.63 bits per heavy atom. The molecule has 0 fully saturated rings. The van der Waals surface area contributed by atoms with Crippen molar-refractivity contribution in [1.29, 1.82) is 0 Å². The highest BCUT2D eigenvalue weighted by molar-refractivity contribution is 5.87. The first-order valence-corrected chi connectivity index (χ1v) is 5.93. The summed E-state index contributed by atoms with van der Waals surface area (Å²) in [7, 11) is 0. The number of allylic oxidation sites excluding steroid dienone is 1. The molecule has 0 amide bonds. The highest BCUT2D eigenvalue weighted by Gasteiger charge is 1.99. The lowest BCUT2D eigenvalue weighted by Gasteiger charge is -1.98. The van der Waals surface area contributed by atoms with Crippen molar-refractivity contribution in [3.8, 4) is 5.75 Å². The molecule has 0 aliphatic heterocycles. The topological polar surface area (TPSA) is 57.5 Å². The Labute approximate surface area is 111 Å². The molecule has 0 aliphatic carbocycles. The minimum absolute atomic E-state index is 0.261. The number of aromatic carboxylic acids is 1. The van der Waals surface area contributed by atoms with Gasteiger partial charge in [0.25, 0.3) is 0 Å². The van der Waals surface area contributed by atoms with Crippen molar-refractivity contribution in [2.24, 2.45) is 0 Å². The van der Waals surface area contributed by atoms with E-state index >= 15 is 0 Å². The molecule has 0 saturated carbocycles. The van der Waals surface area contributed by atoms with Gasteiger partial charge in [0.2, 0.25) is 0 Å². The number of phenolic OH excluding ortho intramolecular Hbond substituents is 1. The molecule has 19 heavy (non-hydrogen) atoms. The molecule has 0 radical (unpaired) electrons. The number of hydrogen-bond donors (Lipinski definition) is 2. The highest BCUT2D eigenvalue weighted by atomic mass is 16.4. The fraction of sp³-hybridized carbons (Fsp3) is 0.0625. The van der Waals surface area contributed by atoms with Crippen LogP contribution in [0.2, 0.25) is 0 Å². The zero-order valence-electron chi connectivity index (χ0n) is 10.3. The van der Waals surface area contributed by atoms with Gasteiger partial charge < -0.3 is 10.2 Å². The Hall–Kier alpha value is -2.55. The summed E-state index contributed by atoms with van der Waals surface area (Å²) in [5.74, 6) is -0.656. The van der Waals surface area contributed by atoms with E-state index < -0.39 is 5.97 Å². The van der Waals surface area contributed by atoms with E-state index in [0.717, 1.165) is 17.5 Å². The molecule has 2 N–H and O–H groups in total. The predicted molar refractivity (Wildman–Crippen MR) is 74.2 cm³/mol. The second-order valence-electron chi connectivity index (χ2n) is 4.20. The number of aromatic hydroxyl groups is 1. The van der Waals surface area contributed by atoms with E-state index in [2.05, 4.69) is 0 Å². The summed E-state index contributed by atoms with van der Waals surface area (Å²) in [6, 6.07) is 13.8. The van der Waals surface area contributed by atoms with E-state index in [1.165, 1.54) is 0 Å². The van der Waals surface area contributed by atoms with Crippen LogP contribution in [0.25, 0.3) is 6.08 Å². The van der Waals surface area contributed by atoms with Gasteiger partial charge in [0, 0.05) is 0 Å². The number of rotatable bonds is 4. The van der Waals surface area contributed by atoms with Crippen LogP contribution in [-0.2, 0) is 6.42 Å². The van der Waals surface area contributed by atoms with Crippen LogP contribution in [0.1, 0.15) is 21.5 Å². The number of benzene rings is 2. The van der Waals surface area contributed by atoms with Crippen molar-refractivity contribution >= 4 is 12.0 Å². The maximum atomic E-state index is 10.7. The van der Waals surface area contributed by atoms with Crippen LogP contribution in [0, 0.1) is 0 Å². The van der Waals surface area contributed by atoms with Crippen LogP contribution in [0.5, 0.6) is 5.75 Å². The molecule has 2 rings (SSSR count). The average molecular weight is 254 g/mol. The normalized spacial score (nSPS) is 10.7. The van der Waals surface area contributed by atoms with Crippen molar-refractivity contribution in [1.82, 2.24) is 0 Å². The van der Waals surface area contributed by atoms with Gasteiger partial charge in [0.05, 0.1) is 5.56 Å². The number of hydrogen-bond acceptors (Lipinski definition) is 2. The molecule has 96 valence electrons. The Balaban J connectivity index is 1.98. The van der Waals surface area contributed by atoms with Crippen molar-refractivity contribution < 1.29 is 15.0 Å². The Bertz CT molecular complexity index is 580. The number of carbonyl (C=O) groups is 1. The van der Waals surface area contributed by atoms with Gasteiger partial charge >= 0.3 is 5.97 Å². The molecule has 0 aliphatic rings. The maximum Gasteiger partial charge on any atom is 0.335 e. The van der Waals surface area contributed by atoms with Crippen molar-refractivity contribution in [3.63, 3.8) is 0 Å². The molecule has 0 saturated heterocycles. The van der Waals surface area contributed by atoms with Crippen LogP contribution >= 0.6 is 0 Å². The van der Waals surface area contributed by atoms with Crippen LogP contribution in [0.15, 0.2) is 54.6 Å². The third-order valence-electron chi connectivity index (χ3n) is 2.76. The Morgan fingerprint density at radius 1 is 1.00 bits per heavy atom. The van der Waals surface area contributed by atoms with Gasteiger partial charge in [-0.05, 0) is 41.8 Å². The van der Waals surface area contributed by atoms with E-state index in [9.17, 15) is 4.79 Å². The van der Waals surface area contributed by atoms with Gasteiger partial charge in [-0.1, -0.05) is 36.4 Å². The first-order valence-electron chi connectivity index (χ1n) is 5.93. The lowest BCUT2D eigenvalue weighted by atomic mass is 10.1. The third kappa shape index (κ3) is 3.71.